The van der Waals surface area contributed by atoms with Crippen LogP contribution in [0, 0.1) is 0 Å². The number of carbonyl (C=O) groups is 1. The van der Waals surface area contributed by atoms with E-state index in [0.717, 1.165) is 0 Å². The Morgan fingerprint density at radius 3 is 2.82 bits per heavy atom. The van der Waals surface area contributed by atoms with Gasteiger partial charge in [0, 0.05) is 19.4 Å². The van der Waals surface area contributed by atoms with E-state index < -0.39 is 6.10 Å². The number of aliphatic hydroxyl groups excluding tert-OH is 1. The number of rotatable bonds is 5. The maximum absolute atomic E-state index is 11.0. The van der Waals surface area contributed by atoms with Crippen molar-refractivity contribution in [2.45, 2.75) is 26.4 Å². The molecule has 17 heavy (non-hydrogen) atoms. The normalized spacial score (nSPS) is 11.9. The van der Waals surface area contributed by atoms with Gasteiger partial charge in [0.05, 0.1) is 18.4 Å². The Labute approximate surface area is 100 Å². The van der Waals surface area contributed by atoms with Crippen LogP contribution in [0.25, 0.3) is 0 Å². The third-order valence-corrected chi connectivity index (χ3v) is 2.07. The summed E-state index contributed by atoms with van der Waals surface area (Å²) in [7, 11) is 0. The van der Waals surface area contributed by atoms with Gasteiger partial charge >= 0.3 is 0 Å². The van der Waals surface area contributed by atoms with Crippen LogP contribution < -0.4 is 10.1 Å². The fourth-order valence-electron chi connectivity index (χ4n) is 1.26. The van der Waals surface area contributed by atoms with Gasteiger partial charge in [0.2, 0.25) is 5.91 Å². The van der Waals surface area contributed by atoms with Crippen molar-refractivity contribution in [3.63, 3.8) is 0 Å². The number of hydrogen-bond acceptors (Lipinski definition) is 4. The molecule has 0 unspecified atom stereocenters. The Bertz CT molecular complexity index is 390. The molecule has 5 heteroatoms. The highest BCUT2D eigenvalue weighted by Gasteiger charge is 2.07. The number of nitrogens with one attached hydrogen (secondary N) is 1. The molecule has 0 aliphatic heterocycles. The van der Waals surface area contributed by atoms with E-state index in [4.69, 9.17) is 9.84 Å². The number of benzene rings is 1. The fourth-order valence-corrected chi connectivity index (χ4v) is 1.26. The van der Waals surface area contributed by atoms with Gasteiger partial charge in [-0.05, 0) is 19.1 Å². The van der Waals surface area contributed by atoms with Gasteiger partial charge in [0.25, 0.3) is 0 Å². The van der Waals surface area contributed by atoms with Crippen LogP contribution in [0.3, 0.4) is 0 Å². The zero-order valence-corrected chi connectivity index (χ0v) is 9.93. The molecule has 0 aliphatic rings. The van der Waals surface area contributed by atoms with Crippen molar-refractivity contribution in [3.8, 4) is 11.5 Å². The molecule has 0 saturated heterocycles. The first-order valence-electron chi connectivity index (χ1n) is 5.40. The summed E-state index contributed by atoms with van der Waals surface area (Å²) in [6.07, 6.45) is 0.0337. The van der Waals surface area contributed by atoms with Gasteiger partial charge in [-0.2, -0.15) is 0 Å². The van der Waals surface area contributed by atoms with Crippen LogP contribution in [0.15, 0.2) is 18.2 Å². The summed E-state index contributed by atoms with van der Waals surface area (Å²) >= 11 is 0. The average Bonchev–Trinajstić information content (AvgIpc) is 2.21. The van der Waals surface area contributed by atoms with Crippen LogP contribution in [0.1, 0.15) is 20.3 Å². The first-order valence-corrected chi connectivity index (χ1v) is 5.40. The lowest BCUT2D eigenvalue weighted by Gasteiger charge is -2.12. The SMILES string of the molecule is CC(=O)Nc1ccc(O)cc1OCC[C@H](C)O. The first-order chi connectivity index (χ1) is 7.99. The summed E-state index contributed by atoms with van der Waals surface area (Å²) in [5.41, 5.74) is 0.501. The molecule has 1 amide bonds. The predicted octanol–water partition coefficient (Wildman–Crippen LogP) is 1.50. The molecular formula is C12H17NO4. The number of phenolic OH excluding ortho intramolecular Hbond substituents is 1. The zero-order valence-electron chi connectivity index (χ0n) is 9.93. The second-order valence-electron chi connectivity index (χ2n) is 3.85. The van der Waals surface area contributed by atoms with E-state index in [1.807, 2.05) is 0 Å². The number of carbonyl (C=O) groups excluding carboxylic acids is 1. The second kappa shape index (κ2) is 6.10. The number of amides is 1. The summed E-state index contributed by atoms with van der Waals surface area (Å²) in [5.74, 6) is 0.239. The number of aromatic hydroxyl groups is 1. The topological polar surface area (TPSA) is 78.8 Å². The Kier molecular flexibility index (Phi) is 4.78. The highest BCUT2D eigenvalue weighted by atomic mass is 16.5. The molecule has 0 aromatic heterocycles. The fraction of sp³-hybridized carbons (Fsp3) is 0.417. The van der Waals surface area contributed by atoms with E-state index in [1.54, 1.807) is 13.0 Å². The van der Waals surface area contributed by atoms with Crippen LogP contribution >= 0.6 is 0 Å². The van der Waals surface area contributed by atoms with E-state index in [-0.39, 0.29) is 11.7 Å². The summed E-state index contributed by atoms with van der Waals surface area (Å²) in [5, 5.41) is 21.0. The van der Waals surface area contributed by atoms with Crippen LogP contribution in [0.2, 0.25) is 0 Å². The number of phenols is 1. The zero-order chi connectivity index (χ0) is 12.8. The van der Waals surface area contributed by atoms with E-state index in [1.165, 1.54) is 19.1 Å². The molecule has 3 N–H and O–H groups in total. The minimum atomic E-state index is -0.448. The van der Waals surface area contributed by atoms with Gasteiger partial charge in [0.15, 0.2) is 0 Å². The minimum Gasteiger partial charge on any atom is -0.508 e. The average molecular weight is 239 g/mol. The molecule has 1 rings (SSSR count). The van der Waals surface area contributed by atoms with Gasteiger partial charge < -0.3 is 20.3 Å². The van der Waals surface area contributed by atoms with Gasteiger partial charge in [-0.1, -0.05) is 0 Å². The van der Waals surface area contributed by atoms with E-state index in [2.05, 4.69) is 5.32 Å². The molecule has 0 fully saturated rings. The molecule has 0 aliphatic carbocycles. The van der Waals surface area contributed by atoms with Crippen molar-refractivity contribution in [2.24, 2.45) is 0 Å². The summed E-state index contributed by atoms with van der Waals surface area (Å²) in [6.45, 7) is 3.38. The van der Waals surface area contributed by atoms with Crippen LogP contribution in [0.5, 0.6) is 11.5 Å². The maximum Gasteiger partial charge on any atom is 0.221 e. The van der Waals surface area contributed by atoms with Gasteiger partial charge in [0.1, 0.15) is 11.5 Å². The molecule has 1 aromatic rings. The lowest BCUT2D eigenvalue weighted by atomic mass is 10.2. The highest BCUT2D eigenvalue weighted by Crippen LogP contribution is 2.28. The van der Waals surface area contributed by atoms with Gasteiger partial charge in [-0.3, -0.25) is 4.79 Å². The molecule has 0 spiro atoms. The van der Waals surface area contributed by atoms with Crippen molar-refractivity contribution in [2.75, 3.05) is 11.9 Å². The molecule has 94 valence electrons. The van der Waals surface area contributed by atoms with Gasteiger partial charge in [-0.15, -0.1) is 0 Å². The first kappa shape index (κ1) is 13.3. The second-order valence-corrected chi connectivity index (χ2v) is 3.85. The largest absolute Gasteiger partial charge is 0.508 e. The number of hydrogen-bond donors (Lipinski definition) is 3. The maximum atomic E-state index is 11.0. The smallest absolute Gasteiger partial charge is 0.221 e. The van der Waals surface area contributed by atoms with E-state index >= 15 is 0 Å². The molecule has 5 nitrogen and oxygen atoms in total. The summed E-state index contributed by atoms with van der Waals surface area (Å²) in [6, 6.07) is 4.45. The van der Waals surface area contributed by atoms with Crippen molar-refractivity contribution < 1.29 is 19.7 Å². The molecule has 0 heterocycles. The lowest BCUT2D eigenvalue weighted by Crippen LogP contribution is -2.10. The molecule has 1 atom stereocenters. The van der Waals surface area contributed by atoms with Crippen LogP contribution in [0.4, 0.5) is 5.69 Å². The van der Waals surface area contributed by atoms with Gasteiger partial charge in [-0.25, -0.2) is 0 Å². The van der Waals surface area contributed by atoms with Crippen molar-refractivity contribution in [1.29, 1.82) is 0 Å². The Hall–Kier alpha value is -1.75. The lowest BCUT2D eigenvalue weighted by molar-refractivity contribution is -0.114. The molecule has 0 radical (unpaired) electrons. The molecule has 0 saturated carbocycles. The predicted molar refractivity (Wildman–Crippen MR) is 64.2 cm³/mol. The third-order valence-electron chi connectivity index (χ3n) is 2.07. The molecule has 0 bridgehead atoms. The Morgan fingerprint density at radius 1 is 1.53 bits per heavy atom. The number of aliphatic hydroxyl groups is 1. The number of anilines is 1. The Morgan fingerprint density at radius 2 is 2.24 bits per heavy atom. The van der Waals surface area contributed by atoms with Crippen molar-refractivity contribution >= 4 is 11.6 Å². The minimum absolute atomic E-state index is 0.0612. The van der Waals surface area contributed by atoms with Crippen LogP contribution in [-0.2, 0) is 4.79 Å². The molecular weight excluding hydrogens is 222 g/mol. The standard InChI is InChI=1S/C12H17NO4/c1-8(14)5-6-17-12-7-10(16)3-4-11(12)13-9(2)15/h3-4,7-8,14,16H,5-6H2,1-2H3,(H,13,15)/t8-/m0/s1. The quantitative estimate of drug-likeness (QED) is 0.680. The molecule has 1 aromatic carbocycles. The Balaban J connectivity index is 2.72. The van der Waals surface area contributed by atoms with Crippen LogP contribution in [-0.4, -0.2) is 28.8 Å². The van der Waals surface area contributed by atoms with Crippen molar-refractivity contribution in [3.05, 3.63) is 18.2 Å². The van der Waals surface area contributed by atoms with Crippen molar-refractivity contribution in [1.82, 2.24) is 0 Å². The van der Waals surface area contributed by atoms with E-state index in [9.17, 15) is 9.90 Å². The summed E-state index contributed by atoms with van der Waals surface area (Å²) in [4.78, 5) is 11.0. The van der Waals surface area contributed by atoms with E-state index in [0.29, 0.717) is 24.5 Å². The summed E-state index contributed by atoms with van der Waals surface area (Å²) < 4.78 is 5.39. The third kappa shape index (κ3) is 4.74. The number of ether oxygens (including phenoxy) is 1. The monoisotopic (exact) mass is 239 g/mol. The highest BCUT2D eigenvalue weighted by molar-refractivity contribution is 5.90.